The van der Waals surface area contributed by atoms with Crippen molar-refractivity contribution in [2.24, 2.45) is 0 Å². The van der Waals surface area contributed by atoms with Crippen LogP contribution in [0, 0.1) is 0 Å². The van der Waals surface area contributed by atoms with Crippen LogP contribution in [0.4, 0.5) is 0 Å². The molecule has 0 saturated heterocycles. The van der Waals surface area contributed by atoms with Crippen LogP contribution in [0.3, 0.4) is 0 Å². The average molecular weight is 272 g/mol. The summed E-state index contributed by atoms with van der Waals surface area (Å²) in [6.45, 7) is 12.3. The average Bonchev–Trinajstić information content (AvgIpc) is 3.14. The fraction of sp³-hybridized carbons (Fsp3) is 1.00. The van der Waals surface area contributed by atoms with Crippen LogP contribution in [0.5, 0.6) is 0 Å². The zero-order valence-electron chi connectivity index (χ0n) is 13.3. The van der Waals surface area contributed by atoms with E-state index in [0.717, 1.165) is 25.7 Å². The number of rotatable bonds is 11. The summed E-state index contributed by atoms with van der Waals surface area (Å²) in [6.07, 6.45) is 2.80. The maximum absolute atomic E-state index is 5.96. The van der Waals surface area contributed by atoms with Crippen molar-refractivity contribution in [3.8, 4) is 0 Å². The summed E-state index contributed by atoms with van der Waals surface area (Å²) >= 11 is 0. The Kier molecular flexibility index (Phi) is 7.91. The van der Waals surface area contributed by atoms with E-state index in [1.165, 1.54) is 12.8 Å². The molecule has 0 amide bonds. The molecule has 0 aromatic carbocycles. The summed E-state index contributed by atoms with van der Waals surface area (Å²) in [5.41, 5.74) is 0. The second-order valence-corrected chi connectivity index (χ2v) is 6.06. The first-order valence-electron chi connectivity index (χ1n) is 7.64. The first kappa shape index (κ1) is 16.9. The standard InChI is InChI=1S/C15H32N2O2/c1-12(2)17(13(3)4)8-9-19-15(11-18-5)10-16-14-6-7-14/h12-16H,6-11H2,1-5H3. The van der Waals surface area contributed by atoms with Crippen molar-refractivity contribution in [3.63, 3.8) is 0 Å². The molecule has 1 rings (SSSR count). The molecule has 0 bridgehead atoms. The summed E-state index contributed by atoms with van der Waals surface area (Å²) in [5.74, 6) is 0. The molecule has 1 atom stereocenters. The highest BCUT2D eigenvalue weighted by Crippen LogP contribution is 2.18. The Labute approximate surface area is 118 Å². The van der Waals surface area contributed by atoms with Gasteiger partial charge in [0.2, 0.25) is 0 Å². The molecule has 0 aromatic heterocycles. The fourth-order valence-electron chi connectivity index (χ4n) is 2.37. The van der Waals surface area contributed by atoms with E-state index in [2.05, 4.69) is 37.9 Å². The molecular formula is C15H32N2O2. The van der Waals surface area contributed by atoms with Crippen LogP contribution in [0.1, 0.15) is 40.5 Å². The van der Waals surface area contributed by atoms with Gasteiger partial charge in [0.1, 0.15) is 0 Å². The van der Waals surface area contributed by atoms with Gasteiger partial charge >= 0.3 is 0 Å². The first-order valence-corrected chi connectivity index (χ1v) is 7.64. The number of nitrogens with zero attached hydrogens (tertiary/aromatic N) is 1. The van der Waals surface area contributed by atoms with E-state index in [0.29, 0.717) is 18.7 Å². The third-order valence-electron chi connectivity index (χ3n) is 3.59. The van der Waals surface area contributed by atoms with Crippen molar-refractivity contribution in [1.29, 1.82) is 0 Å². The van der Waals surface area contributed by atoms with Crippen molar-refractivity contribution in [3.05, 3.63) is 0 Å². The van der Waals surface area contributed by atoms with Crippen molar-refractivity contribution in [2.75, 3.05) is 33.4 Å². The highest BCUT2D eigenvalue weighted by atomic mass is 16.5. The highest BCUT2D eigenvalue weighted by molar-refractivity contribution is 4.82. The van der Waals surface area contributed by atoms with Crippen molar-refractivity contribution >= 4 is 0 Å². The monoisotopic (exact) mass is 272 g/mol. The summed E-state index contributed by atoms with van der Waals surface area (Å²) < 4.78 is 11.2. The third-order valence-corrected chi connectivity index (χ3v) is 3.59. The topological polar surface area (TPSA) is 33.7 Å². The van der Waals surface area contributed by atoms with Gasteiger partial charge in [0.05, 0.1) is 19.3 Å². The van der Waals surface area contributed by atoms with Crippen molar-refractivity contribution in [2.45, 2.75) is 64.8 Å². The number of nitrogens with one attached hydrogen (secondary N) is 1. The zero-order valence-corrected chi connectivity index (χ0v) is 13.3. The van der Waals surface area contributed by atoms with E-state index in [9.17, 15) is 0 Å². The lowest BCUT2D eigenvalue weighted by Gasteiger charge is -2.31. The molecule has 1 N–H and O–H groups in total. The van der Waals surface area contributed by atoms with Crippen molar-refractivity contribution < 1.29 is 9.47 Å². The summed E-state index contributed by atoms with van der Waals surface area (Å²) in [5, 5.41) is 3.51. The van der Waals surface area contributed by atoms with E-state index in [1.807, 2.05) is 0 Å². The molecule has 114 valence electrons. The van der Waals surface area contributed by atoms with Gasteiger partial charge < -0.3 is 14.8 Å². The minimum Gasteiger partial charge on any atom is -0.382 e. The molecule has 1 saturated carbocycles. The lowest BCUT2D eigenvalue weighted by molar-refractivity contribution is -0.0149. The Balaban J connectivity index is 2.21. The van der Waals surface area contributed by atoms with E-state index < -0.39 is 0 Å². The molecule has 1 aliphatic carbocycles. The summed E-state index contributed by atoms with van der Waals surface area (Å²) in [4.78, 5) is 2.46. The quantitative estimate of drug-likeness (QED) is 0.623. The minimum atomic E-state index is 0.173. The van der Waals surface area contributed by atoms with E-state index in [4.69, 9.17) is 9.47 Å². The Morgan fingerprint density at radius 2 is 1.79 bits per heavy atom. The van der Waals surface area contributed by atoms with Crippen molar-refractivity contribution in [1.82, 2.24) is 10.2 Å². The van der Waals surface area contributed by atoms with Crippen LogP contribution >= 0.6 is 0 Å². The molecule has 4 nitrogen and oxygen atoms in total. The molecule has 0 aromatic rings. The van der Waals surface area contributed by atoms with Gasteiger partial charge in [-0.2, -0.15) is 0 Å². The van der Waals surface area contributed by atoms with E-state index >= 15 is 0 Å². The maximum atomic E-state index is 5.96. The summed E-state index contributed by atoms with van der Waals surface area (Å²) in [6, 6.07) is 1.86. The van der Waals surface area contributed by atoms with Gasteiger partial charge in [0, 0.05) is 38.3 Å². The predicted molar refractivity (Wildman–Crippen MR) is 79.6 cm³/mol. The SMILES string of the molecule is COCC(CNC1CC1)OCCN(C(C)C)C(C)C. The number of hydrogen-bond donors (Lipinski definition) is 1. The fourth-order valence-corrected chi connectivity index (χ4v) is 2.37. The van der Waals surface area contributed by atoms with Crippen LogP contribution in [0.2, 0.25) is 0 Å². The lowest BCUT2D eigenvalue weighted by atomic mass is 10.2. The Morgan fingerprint density at radius 1 is 1.16 bits per heavy atom. The minimum absolute atomic E-state index is 0.173. The number of ether oxygens (including phenoxy) is 2. The van der Waals surface area contributed by atoms with Gasteiger partial charge in [0.25, 0.3) is 0 Å². The molecular weight excluding hydrogens is 240 g/mol. The molecule has 1 aliphatic rings. The Morgan fingerprint density at radius 3 is 2.26 bits per heavy atom. The van der Waals surface area contributed by atoms with Gasteiger partial charge in [-0.25, -0.2) is 0 Å². The first-order chi connectivity index (χ1) is 9.04. The molecule has 0 heterocycles. The van der Waals surface area contributed by atoms with Crippen LogP contribution < -0.4 is 5.32 Å². The molecule has 1 unspecified atom stereocenters. The summed E-state index contributed by atoms with van der Waals surface area (Å²) in [7, 11) is 1.74. The van der Waals surface area contributed by atoms with Gasteiger partial charge in [-0.05, 0) is 40.5 Å². The molecule has 4 heteroatoms. The number of methoxy groups -OCH3 is 1. The van der Waals surface area contributed by atoms with Gasteiger partial charge in [-0.3, -0.25) is 4.90 Å². The molecule has 1 fully saturated rings. The van der Waals surface area contributed by atoms with Crippen LogP contribution in [-0.2, 0) is 9.47 Å². The molecule has 0 radical (unpaired) electrons. The van der Waals surface area contributed by atoms with Gasteiger partial charge in [-0.15, -0.1) is 0 Å². The second-order valence-electron chi connectivity index (χ2n) is 6.06. The highest BCUT2D eigenvalue weighted by Gasteiger charge is 2.22. The molecule has 0 spiro atoms. The maximum Gasteiger partial charge on any atom is 0.0933 e. The van der Waals surface area contributed by atoms with Gasteiger partial charge in [-0.1, -0.05) is 0 Å². The van der Waals surface area contributed by atoms with E-state index in [1.54, 1.807) is 7.11 Å². The lowest BCUT2D eigenvalue weighted by Crippen LogP contribution is -2.41. The van der Waals surface area contributed by atoms with Crippen LogP contribution in [0.15, 0.2) is 0 Å². The molecule has 0 aliphatic heterocycles. The van der Waals surface area contributed by atoms with Gasteiger partial charge in [0.15, 0.2) is 0 Å². The smallest absolute Gasteiger partial charge is 0.0933 e. The predicted octanol–water partition coefficient (Wildman–Crippen LogP) is 1.89. The Hall–Kier alpha value is -0.160. The Bertz CT molecular complexity index is 222. The van der Waals surface area contributed by atoms with Crippen LogP contribution in [-0.4, -0.2) is 62.5 Å². The van der Waals surface area contributed by atoms with E-state index in [-0.39, 0.29) is 6.10 Å². The molecule has 19 heavy (non-hydrogen) atoms. The van der Waals surface area contributed by atoms with Crippen LogP contribution in [0.25, 0.3) is 0 Å². The largest absolute Gasteiger partial charge is 0.382 e. The normalized spacial score (nSPS) is 17.7. The third kappa shape index (κ3) is 7.25. The second kappa shape index (κ2) is 8.90. The number of hydrogen-bond acceptors (Lipinski definition) is 4. The zero-order chi connectivity index (χ0) is 14.3.